The summed E-state index contributed by atoms with van der Waals surface area (Å²) in [6.45, 7) is 2.29. The van der Waals surface area contributed by atoms with E-state index in [9.17, 15) is 14.4 Å². The number of carbonyl (C=O) groups excluding carboxylic acids is 2. The molecule has 1 aromatic heterocycles. The highest BCUT2D eigenvalue weighted by Crippen LogP contribution is 2.12. The Hall–Kier alpha value is -3.48. The molecule has 0 saturated carbocycles. The molecule has 7 heteroatoms. The third kappa shape index (κ3) is 4.82. The maximum atomic E-state index is 12.3. The summed E-state index contributed by atoms with van der Waals surface area (Å²) in [7, 11) is 0. The number of rotatable bonds is 7. The Bertz CT molecular complexity index is 1060. The predicted molar refractivity (Wildman–Crippen MR) is 108 cm³/mol. The van der Waals surface area contributed by atoms with E-state index in [2.05, 4.69) is 15.7 Å². The van der Waals surface area contributed by atoms with Crippen molar-refractivity contribution in [2.75, 3.05) is 5.32 Å². The van der Waals surface area contributed by atoms with E-state index < -0.39 is 0 Å². The van der Waals surface area contributed by atoms with Gasteiger partial charge in [-0.05, 0) is 36.2 Å². The van der Waals surface area contributed by atoms with Gasteiger partial charge in [-0.2, -0.15) is 5.10 Å². The van der Waals surface area contributed by atoms with Crippen LogP contribution in [0.5, 0.6) is 0 Å². The molecule has 1 heterocycles. The van der Waals surface area contributed by atoms with Crippen LogP contribution in [0, 0.1) is 0 Å². The minimum atomic E-state index is -0.221. The molecule has 0 aliphatic carbocycles. The second kappa shape index (κ2) is 8.94. The quantitative estimate of drug-likeness (QED) is 0.660. The summed E-state index contributed by atoms with van der Waals surface area (Å²) >= 11 is 0. The lowest BCUT2D eigenvalue weighted by Crippen LogP contribution is -2.28. The van der Waals surface area contributed by atoms with Gasteiger partial charge in [-0.3, -0.25) is 19.1 Å². The van der Waals surface area contributed by atoms with E-state index in [0.717, 1.165) is 12.0 Å². The van der Waals surface area contributed by atoms with Gasteiger partial charge in [-0.25, -0.2) is 0 Å². The van der Waals surface area contributed by atoms with Gasteiger partial charge in [0.1, 0.15) is 6.54 Å². The first kappa shape index (κ1) is 19.3. The van der Waals surface area contributed by atoms with Crippen LogP contribution in [0.3, 0.4) is 0 Å². The molecule has 0 radical (unpaired) electrons. The zero-order valence-electron chi connectivity index (χ0n) is 15.6. The predicted octanol–water partition coefficient (Wildman–Crippen LogP) is 2.45. The Morgan fingerprint density at radius 2 is 1.89 bits per heavy atom. The summed E-state index contributed by atoms with van der Waals surface area (Å²) in [5.74, 6) is -0.249. The molecule has 0 atom stereocenters. The summed E-state index contributed by atoms with van der Waals surface area (Å²) in [4.78, 5) is 35.9. The highest BCUT2D eigenvalue weighted by Gasteiger charge is 2.08. The van der Waals surface area contributed by atoms with Crippen molar-refractivity contribution in [3.8, 4) is 0 Å². The number of nitrogens with zero attached hydrogens (tertiary/aromatic N) is 2. The molecule has 0 spiro atoms. The molecule has 0 fully saturated rings. The third-order valence-electron chi connectivity index (χ3n) is 4.23. The fourth-order valence-corrected chi connectivity index (χ4v) is 2.89. The number of benzene rings is 2. The molecule has 2 amide bonds. The fourth-order valence-electron chi connectivity index (χ4n) is 2.89. The van der Waals surface area contributed by atoms with Gasteiger partial charge in [0.05, 0.1) is 11.7 Å². The van der Waals surface area contributed by atoms with Gasteiger partial charge in [0, 0.05) is 24.0 Å². The largest absolute Gasteiger partial charge is 0.350 e. The maximum Gasteiger partial charge on any atom is 0.242 e. The summed E-state index contributed by atoms with van der Waals surface area (Å²) < 4.78 is 1.51. The zero-order chi connectivity index (χ0) is 19.9. The number of amides is 2. The summed E-state index contributed by atoms with van der Waals surface area (Å²) in [5, 5.41) is 10.3. The first-order valence-electron chi connectivity index (χ1n) is 9.17. The minimum absolute atomic E-state index is 0.00766. The van der Waals surface area contributed by atoms with Crippen LogP contribution in [0.2, 0.25) is 0 Å². The zero-order valence-corrected chi connectivity index (χ0v) is 15.6. The molecule has 7 nitrogen and oxygen atoms in total. The lowest BCUT2D eigenvalue weighted by molar-refractivity contribution is -0.122. The smallest absolute Gasteiger partial charge is 0.242 e. The average Bonchev–Trinajstić information content (AvgIpc) is 2.69. The molecule has 0 saturated heterocycles. The molecule has 144 valence electrons. The molecule has 3 aromatic rings. The average molecular weight is 378 g/mol. The maximum absolute atomic E-state index is 12.3. The van der Waals surface area contributed by atoms with Crippen molar-refractivity contribution in [1.29, 1.82) is 0 Å². The molecule has 3 rings (SSSR count). The van der Waals surface area contributed by atoms with Crippen molar-refractivity contribution in [1.82, 2.24) is 15.1 Å². The van der Waals surface area contributed by atoms with Crippen LogP contribution in [-0.2, 0) is 22.7 Å². The summed E-state index contributed by atoms with van der Waals surface area (Å²) in [6.07, 6.45) is 2.48. The Kier molecular flexibility index (Phi) is 6.16. The van der Waals surface area contributed by atoms with Crippen molar-refractivity contribution >= 4 is 28.4 Å². The Labute approximate surface area is 162 Å². The van der Waals surface area contributed by atoms with E-state index in [1.54, 1.807) is 24.3 Å². The molecular formula is C21H22N4O3. The molecule has 2 aromatic carbocycles. The Morgan fingerprint density at radius 1 is 1.07 bits per heavy atom. The number of carbonyl (C=O) groups is 2. The number of fused-ring (bicyclic) bond motifs is 1. The summed E-state index contributed by atoms with van der Waals surface area (Å²) in [5.41, 5.74) is 2.03. The molecule has 2 N–H and O–H groups in total. The van der Waals surface area contributed by atoms with Gasteiger partial charge >= 0.3 is 0 Å². The first-order valence-corrected chi connectivity index (χ1v) is 9.17. The van der Waals surface area contributed by atoms with Gasteiger partial charge in [0.15, 0.2) is 0 Å². The van der Waals surface area contributed by atoms with E-state index in [-0.39, 0.29) is 23.8 Å². The highest BCUT2D eigenvalue weighted by atomic mass is 16.2. The standard InChI is InChI=1S/C21H22N4O3/c1-2-6-20(27)24-16-8-5-7-15(11-16)12-22-21(28)14-25-18-10-4-3-9-17(18)19(26)13-23-25/h3-5,7-11,13H,2,6,12,14H2,1H3,(H,22,28)(H,24,27). The van der Waals surface area contributed by atoms with Gasteiger partial charge < -0.3 is 10.6 Å². The number of para-hydroxylation sites is 1. The fraction of sp³-hybridized carbons (Fsp3) is 0.238. The minimum Gasteiger partial charge on any atom is -0.350 e. The van der Waals surface area contributed by atoms with Crippen molar-refractivity contribution in [2.45, 2.75) is 32.9 Å². The SMILES string of the molecule is CCCC(=O)Nc1cccc(CNC(=O)Cn2ncc(=O)c3ccccc32)c1. The molecule has 0 aliphatic rings. The molecule has 0 unspecified atom stereocenters. The lowest BCUT2D eigenvalue weighted by atomic mass is 10.2. The molecule has 0 aliphatic heterocycles. The third-order valence-corrected chi connectivity index (χ3v) is 4.23. The van der Waals surface area contributed by atoms with E-state index in [4.69, 9.17) is 0 Å². The van der Waals surface area contributed by atoms with Crippen molar-refractivity contribution < 1.29 is 9.59 Å². The lowest BCUT2D eigenvalue weighted by Gasteiger charge is -2.11. The van der Waals surface area contributed by atoms with Gasteiger partial charge in [-0.1, -0.05) is 31.2 Å². The van der Waals surface area contributed by atoms with Crippen LogP contribution in [-0.4, -0.2) is 21.6 Å². The monoisotopic (exact) mass is 378 g/mol. The second-order valence-corrected chi connectivity index (χ2v) is 6.46. The van der Waals surface area contributed by atoms with Crippen LogP contribution in [0.15, 0.2) is 59.5 Å². The van der Waals surface area contributed by atoms with E-state index in [1.807, 2.05) is 31.2 Å². The van der Waals surface area contributed by atoms with E-state index >= 15 is 0 Å². The van der Waals surface area contributed by atoms with Crippen molar-refractivity contribution in [3.63, 3.8) is 0 Å². The Morgan fingerprint density at radius 3 is 2.71 bits per heavy atom. The number of nitrogens with one attached hydrogen (secondary N) is 2. The van der Waals surface area contributed by atoms with E-state index in [1.165, 1.54) is 10.9 Å². The first-order chi connectivity index (χ1) is 13.6. The van der Waals surface area contributed by atoms with Crippen LogP contribution < -0.4 is 16.1 Å². The van der Waals surface area contributed by atoms with Crippen molar-refractivity contribution in [3.05, 3.63) is 70.5 Å². The Balaban J connectivity index is 1.63. The summed E-state index contributed by atoms with van der Waals surface area (Å²) in [6, 6.07) is 14.4. The normalized spacial score (nSPS) is 10.6. The molecule has 0 bridgehead atoms. The number of hydrogen-bond acceptors (Lipinski definition) is 4. The van der Waals surface area contributed by atoms with Crippen LogP contribution in [0.1, 0.15) is 25.3 Å². The highest BCUT2D eigenvalue weighted by molar-refractivity contribution is 5.90. The number of aromatic nitrogens is 2. The van der Waals surface area contributed by atoms with Crippen LogP contribution in [0.25, 0.3) is 10.9 Å². The van der Waals surface area contributed by atoms with Crippen LogP contribution in [0.4, 0.5) is 5.69 Å². The van der Waals surface area contributed by atoms with Gasteiger partial charge in [0.25, 0.3) is 0 Å². The van der Waals surface area contributed by atoms with Crippen molar-refractivity contribution in [2.24, 2.45) is 0 Å². The number of hydrogen-bond donors (Lipinski definition) is 2. The second-order valence-electron chi connectivity index (χ2n) is 6.46. The topological polar surface area (TPSA) is 93.1 Å². The number of anilines is 1. The van der Waals surface area contributed by atoms with Gasteiger partial charge in [-0.15, -0.1) is 0 Å². The molecule has 28 heavy (non-hydrogen) atoms. The molecular weight excluding hydrogens is 356 g/mol. The van der Waals surface area contributed by atoms with Gasteiger partial charge in [0.2, 0.25) is 17.2 Å². The van der Waals surface area contributed by atoms with Crippen LogP contribution >= 0.6 is 0 Å². The van der Waals surface area contributed by atoms with E-state index in [0.29, 0.717) is 29.6 Å².